The first kappa shape index (κ1) is 26.7. The lowest BCUT2D eigenvalue weighted by molar-refractivity contribution is -0.136. The molecule has 0 spiro atoms. The van der Waals surface area contributed by atoms with Gasteiger partial charge < -0.3 is 31.9 Å². The number of carbonyl (C=O) groups excluding carboxylic acids is 3. The Morgan fingerprint density at radius 2 is 1.91 bits per heavy atom. The van der Waals surface area contributed by atoms with Crippen LogP contribution in [0.3, 0.4) is 0 Å². The van der Waals surface area contributed by atoms with Gasteiger partial charge in [0.2, 0.25) is 11.8 Å². The highest BCUT2D eigenvalue weighted by atomic mass is 16.3. The summed E-state index contributed by atoms with van der Waals surface area (Å²) in [5.41, 5.74) is 6.29. The Kier molecular flexibility index (Phi) is 10.2. The van der Waals surface area contributed by atoms with Crippen LogP contribution in [0.15, 0.2) is 24.3 Å². The molecule has 1 heterocycles. The number of aliphatic hydroxyl groups is 1. The second-order valence-electron chi connectivity index (χ2n) is 8.74. The van der Waals surface area contributed by atoms with E-state index in [4.69, 9.17) is 5.73 Å². The molecule has 1 aromatic carbocycles. The van der Waals surface area contributed by atoms with Crippen LogP contribution in [0.1, 0.15) is 32.8 Å². The van der Waals surface area contributed by atoms with E-state index < -0.39 is 36.0 Å². The van der Waals surface area contributed by atoms with Gasteiger partial charge in [0.1, 0.15) is 17.8 Å². The fourth-order valence-corrected chi connectivity index (χ4v) is 3.83. The number of aliphatic hydroxyl groups excluding tert-OH is 1. The third-order valence-electron chi connectivity index (χ3n) is 5.77. The van der Waals surface area contributed by atoms with E-state index in [1.165, 1.54) is 6.92 Å². The third kappa shape index (κ3) is 7.50. The van der Waals surface area contributed by atoms with E-state index in [2.05, 4.69) is 16.0 Å². The number of amides is 2. The van der Waals surface area contributed by atoms with Crippen molar-refractivity contribution in [3.63, 3.8) is 0 Å². The Morgan fingerprint density at radius 3 is 2.52 bits per heavy atom. The van der Waals surface area contributed by atoms with Crippen molar-refractivity contribution < 1.29 is 24.6 Å². The van der Waals surface area contributed by atoms with E-state index in [0.29, 0.717) is 31.7 Å². The van der Waals surface area contributed by atoms with Gasteiger partial charge in [0.25, 0.3) is 0 Å². The van der Waals surface area contributed by atoms with Gasteiger partial charge in [0, 0.05) is 37.7 Å². The number of hydrogen-bond donors (Lipinski definition) is 6. The van der Waals surface area contributed by atoms with Crippen molar-refractivity contribution in [1.29, 1.82) is 0 Å². The van der Waals surface area contributed by atoms with Crippen LogP contribution < -0.4 is 21.7 Å². The van der Waals surface area contributed by atoms with E-state index in [9.17, 15) is 24.6 Å². The second-order valence-corrected chi connectivity index (χ2v) is 8.74. The van der Waals surface area contributed by atoms with E-state index in [1.807, 2.05) is 11.0 Å². The van der Waals surface area contributed by atoms with Gasteiger partial charge in [-0.15, -0.1) is 0 Å². The first-order valence-corrected chi connectivity index (χ1v) is 11.4. The molecule has 10 heteroatoms. The van der Waals surface area contributed by atoms with Crippen molar-refractivity contribution in [1.82, 2.24) is 20.9 Å². The van der Waals surface area contributed by atoms with Crippen LogP contribution >= 0.6 is 0 Å². The monoisotopic (exact) mass is 463 g/mol. The van der Waals surface area contributed by atoms with Crippen molar-refractivity contribution in [3.05, 3.63) is 29.8 Å². The molecule has 0 bridgehead atoms. The number of hydrogen-bond acceptors (Lipinski definition) is 8. The normalized spacial score (nSPS) is 19.5. The number of aromatic hydroxyl groups is 1. The topological polar surface area (TPSA) is 157 Å². The van der Waals surface area contributed by atoms with Crippen LogP contribution in [-0.2, 0) is 20.9 Å². The van der Waals surface area contributed by atoms with Gasteiger partial charge >= 0.3 is 0 Å². The molecule has 1 unspecified atom stereocenters. The zero-order valence-electron chi connectivity index (χ0n) is 19.6. The van der Waals surface area contributed by atoms with Crippen LogP contribution in [0.25, 0.3) is 0 Å². The summed E-state index contributed by atoms with van der Waals surface area (Å²) in [7, 11) is 0. The Balaban J connectivity index is 2.11. The zero-order valence-corrected chi connectivity index (χ0v) is 19.6. The van der Waals surface area contributed by atoms with Crippen molar-refractivity contribution in [2.45, 2.75) is 58.0 Å². The van der Waals surface area contributed by atoms with Gasteiger partial charge in [-0.3, -0.25) is 19.3 Å². The van der Waals surface area contributed by atoms with Crippen LogP contribution in [0, 0.1) is 5.92 Å². The van der Waals surface area contributed by atoms with Crippen molar-refractivity contribution in [2.24, 2.45) is 11.7 Å². The molecule has 1 saturated heterocycles. The highest BCUT2D eigenvalue weighted by molar-refractivity contribution is 5.94. The van der Waals surface area contributed by atoms with Crippen LogP contribution in [0.5, 0.6) is 5.75 Å². The average molecular weight is 464 g/mol. The molecule has 0 saturated carbocycles. The lowest BCUT2D eigenvalue weighted by atomic mass is 9.98. The fourth-order valence-electron chi connectivity index (χ4n) is 3.83. The maximum Gasteiger partial charge on any atom is 0.245 e. The summed E-state index contributed by atoms with van der Waals surface area (Å²) >= 11 is 0. The van der Waals surface area contributed by atoms with Crippen LogP contribution in [0.2, 0.25) is 0 Å². The Hall–Kier alpha value is -2.53. The number of benzene rings is 1. The molecule has 0 aromatic heterocycles. The van der Waals surface area contributed by atoms with E-state index >= 15 is 0 Å². The Morgan fingerprint density at radius 1 is 1.21 bits per heavy atom. The number of piperazine rings is 1. The number of phenols is 1. The van der Waals surface area contributed by atoms with Gasteiger partial charge in [-0.2, -0.15) is 0 Å². The first-order valence-electron chi connectivity index (χ1n) is 11.4. The van der Waals surface area contributed by atoms with Crippen molar-refractivity contribution in [2.75, 3.05) is 26.2 Å². The number of carbonyl (C=O) groups is 3. The highest BCUT2D eigenvalue weighted by Gasteiger charge is 2.35. The standard InChI is InChI=1S/C23H37N5O5/c1-14(2)21(31)17(8-9-24)26-23(33)20(15(3)29)27-22(32)18-12-25-10-11-28(18)13-16-6-4-5-7-19(16)30/h4-7,14-15,17-18,20,25,29-30H,8-13,24H2,1-3H3,(H,26,33)(H,27,32)/t15-,17-,18?,20-/m0/s1. The van der Waals surface area contributed by atoms with Crippen molar-refractivity contribution in [3.8, 4) is 5.75 Å². The summed E-state index contributed by atoms with van der Waals surface area (Å²) in [4.78, 5) is 40.3. The van der Waals surface area contributed by atoms with Gasteiger partial charge in [0.15, 0.2) is 5.78 Å². The smallest absolute Gasteiger partial charge is 0.245 e. The number of nitrogens with zero attached hydrogens (tertiary/aromatic N) is 1. The molecule has 1 aromatic rings. The fraction of sp³-hybridized carbons (Fsp3) is 0.609. The number of para-hydroxylation sites is 1. The lowest BCUT2D eigenvalue weighted by Crippen LogP contribution is -2.62. The summed E-state index contributed by atoms with van der Waals surface area (Å²) in [5, 5.41) is 28.8. The van der Waals surface area contributed by atoms with Gasteiger partial charge in [-0.25, -0.2) is 0 Å². The molecule has 7 N–H and O–H groups in total. The van der Waals surface area contributed by atoms with Gasteiger partial charge in [-0.05, 0) is 26.0 Å². The second kappa shape index (κ2) is 12.6. The molecule has 10 nitrogen and oxygen atoms in total. The van der Waals surface area contributed by atoms with E-state index in [-0.39, 0.29) is 30.4 Å². The predicted molar refractivity (Wildman–Crippen MR) is 124 cm³/mol. The highest BCUT2D eigenvalue weighted by Crippen LogP contribution is 2.19. The molecule has 33 heavy (non-hydrogen) atoms. The SMILES string of the molecule is CC(C)C(=O)[C@H](CCN)NC(=O)[C@@H](NC(=O)C1CNCCN1Cc1ccccc1O)[C@H](C)O. The predicted octanol–water partition coefficient (Wildman–Crippen LogP) is -0.910. The molecule has 4 atom stereocenters. The first-order chi connectivity index (χ1) is 15.6. The molecule has 1 aliphatic rings. The average Bonchev–Trinajstić information content (AvgIpc) is 2.78. The maximum absolute atomic E-state index is 13.1. The number of rotatable bonds is 11. The van der Waals surface area contributed by atoms with E-state index in [0.717, 1.165) is 0 Å². The summed E-state index contributed by atoms with van der Waals surface area (Å²) < 4.78 is 0. The quantitative estimate of drug-likeness (QED) is 0.246. The Labute approximate surface area is 194 Å². The van der Waals surface area contributed by atoms with Gasteiger partial charge in [0.05, 0.1) is 12.1 Å². The summed E-state index contributed by atoms with van der Waals surface area (Å²) in [6.07, 6.45) is -0.908. The summed E-state index contributed by atoms with van der Waals surface area (Å²) in [6.45, 7) is 7.06. The van der Waals surface area contributed by atoms with Crippen LogP contribution in [-0.4, -0.2) is 83.1 Å². The number of Topliss-reactive ketones (excluding diaryl/α,β-unsaturated/α-hetero) is 1. The number of ketones is 1. The molecule has 1 aliphatic heterocycles. The molecule has 2 rings (SSSR count). The summed E-state index contributed by atoms with van der Waals surface area (Å²) in [6, 6.07) is 4.31. The Bertz CT molecular complexity index is 816. The van der Waals surface area contributed by atoms with Crippen molar-refractivity contribution >= 4 is 17.6 Å². The third-order valence-corrected chi connectivity index (χ3v) is 5.77. The molecule has 184 valence electrons. The summed E-state index contributed by atoms with van der Waals surface area (Å²) in [5.74, 6) is -1.37. The molecular formula is C23H37N5O5. The molecule has 0 radical (unpaired) electrons. The maximum atomic E-state index is 13.1. The zero-order chi connectivity index (χ0) is 24.5. The molecule has 0 aliphatic carbocycles. The van der Waals surface area contributed by atoms with E-state index in [1.54, 1.807) is 32.0 Å². The number of nitrogens with two attached hydrogens (primary N) is 1. The van der Waals surface area contributed by atoms with Crippen LogP contribution in [0.4, 0.5) is 0 Å². The largest absolute Gasteiger partial charge is 0.508 e. The van der Waals surface area contributed by atoms with Gasteiger partial charge in [-0.1, -0.05) is 32.0 Å². The molecular weight excluding hydrogens is 426 g/mol. The number of phenolic OH excluding ortho intramolecular Hbond substituents is 1. The minimum atomic E-state index is -1.23. The molecule has 1 fully saturated rings. The minimum absolute atomic E-state index is 0.150. The number of nitrogens with one attached hydrogen (secondary N) is 3. The lowest BCUT2D eigenvalue weighted by Gasteiger charge is -2.36. The molecule has 2 amide bonds. The minimum Gasteiger partial charge on any atom is -0.508 e.